The van der Waals surface area contributed by atoms with Gasteiger partial charge >= 0.3 is 0 Å². The van der Waals surface area contributed by atoms with Gasteiger partial charge in [-0.3, -0.25) is 5.01 Å². The minimum Gasteiger partial charge on any atom is -0.466 e. The van der Waals surface area contributed by atoms with Gasteiger partial charge in [-0.05, 0) is 31.5 Å². The third kappa shape index (κ3) is 2.77. The highest BCUT2D eigenvalue weighted by atomic mass is 16.5. The van der Waals surface area contributed by atoms with Crippen LogP contribution in [0, 0.1) is 6.92 Å². The lowest BCUT2D eigenvalue weighted by molar-refractivity contribution is 0.0532. The van der Waals surface area contributed by atoms with Gasteiger partial charge in [0, 0.05) is 12.6 Å². The van der Waals surface area contributed by atoms with E-state index < -0.39 is 0 Å². The standard InChI is InChI=1S/C18H20N2O/c1-13-8-7-11-16(12-13)18-19-20(3)14(2)17(21-18)15-9-5-4-6-10-15/h4-12,14,17H,1-3H3/t14-,17-/m1/s1. The average Bonchev–Trinajstić information content (AvgIpc) is 2.51. The minimum atomic E-state index is -0.00999. The Labute approximate surface area is 125 Å². The van der Waals surface area contributed by atoms with Crippen LogP contribution in [0.5, 0.6) is 0 Å². The smallest absolute Gasteiger partial charge is 0.238 e. The lowest BCUT2D eigenvalue weighted by Gasteiger charge is -2.36. The van der Waals surface area contributed by atoms with E-state index >= 15 is 0 Å². The SMILES string of the molecule is Cc1cccc(C2=NN(C)[C@H](C)[C@H](c3ccccc3)O2)c1. The van der Waals surface area contributed by atoms with Crippen molar-refractivity contribution < 1.29 is 4.74 Å². The number of benzene rings is 2. The first kappa shape index (κ1) is 13.7. The van der Waals surface area contributed by atoms with Gasteiger partial charge in [0.2, 0.25) is 5.90 Å². The minimum absolute atomic E-state index is 0.00999. The van der Waals surface area contributed by atoms with Gasteiger partial charge in [-0.15, -0.1) is 5.10 Å². The fourth-order valence-electron chi connectivity index (χ4n) is 2.57. The molecule has 108 valence electrons. The largest absolute Gasteiger partial charge is 0.466 e. The van der Waals surface area contributed by atoms with Crippen LogP contribution in [-0.2, 0) is 4.74 Å². The number of ether oxygens (including phenoxy) is 1. The zero-order chi connectivity index (χ0) is 14.8. The number of likely N-dealkylation sites (N-methyl/N-ethyl adjacent to an activating group) is 1. The molecule has 0 N–H and O–H groups in total. The average molecular weight is 280 g/mol. The van der Waals surface area contributed by atoms with Gasteiger partial charge in [0.05, 0.1) is 6.04 Å². The number of hydrogen-bond donors (Lipinski definition) is 0. The molecule has 0 saturated carbocycles. The maximum atomic E-state index is 6.20. The fraction of sp³-hybridized carbons (Fsp3) is 0.278. The first-order valence-corrected chi connectivity index (χ1v) is 7.25. The van der Waals surface area contributed by atoms with Crippen molar-refractivity contribution in [3.8, 4) is 0 Å². The van der Waals surface area contributed by atoms with Crippen LogP contribution < -0.4 is 0 Å². The van der Waals surface area contributed by atoms with E-state index in [1.165, 1.54) is 11.1 Å². The maximum Gasteiger partial charge on any atom is 0.238 e. The van der Waals surface area contributed by atoms with Gasteiger partial charge in [0.25, 0.3) is 0 Å². The van der Waals surface area contributed by atoms with Gasteiger partial charge in [-0.25, -0.2) is 0 Å². The Morgan fingerprint density at radius 1 is 1.05 bits per heavy atom. The normalized spacial score (nSPS) is 21.7. The lowest BCUT2D eigenvalue weighted by atomic mass is 10.0. The Balaban J connectivity index is 1.95. The summed E-state index contributed by atoms with van der Waals surface area (Å²) in [6.45, 7) is 4.21. The van der Waals surface area contributed by atoms with E-state index in [2.05, 4.69) is 43.2 Å². The van der Waals surface area contributed by atoms with Crippen molar-refractivity contribution in [1.29, 1.82) is 0 Å². The van der Waals surface area contributed by atoms with E-state index in [1.54, 1.807) is 0 Å². The van der Waals surface area contributed by atoms with Crippen molar-refractivity contribution in [1.82, 2.24) is 5.01 Å². The second kappa shape index (κ2) is 5.60. The number of hydrogen-bond acceptors (Lipinski definition) is 3. The molecule has 0 spiro atoms. The van der Waals surface area contributed by atoms with E-state index in [0.29, 0.717) is 5.90 Å². The van der Waals surface area contributed by atoms with Gasteiger partial charge in [-0.2, -0.15) is 0 Å². The quantitative estimate of drug-likeness (QED) is 0.837. The topological polar surface area (TPSA) is 24.8 Å². The lowest BCUT2D eigenvalue weighted by Crippen LogP contribution is -2.39. The predicted molar refractivity (Wildman–Crippen MR) is 85.2 cm³/mol. The summed E-state index contributed by atoms with van der Waals surface area (Å²) in [4.78, 5) is 0. The third-order valence-corrected chi connectivity index (χ3v) is 3.91. The molecule has 1 aliphatic rings. The molecule has 0 saturated heterocycles. The van der Waals surface area contributed by atoms with Crippen LogP contribution in [0.15, 0.2) is 59.7 Å². The summed E-state index contributed by atoms with van der Waals surface area (Å²) in [5.74, 6) is 0.688. The molecular formula is C18H20N2O. The molecule has 0 aliphatic carbocycles. The molecule has 3 heteroatoms. The van der Waals surface area contributed by atoms with Gasteiger partial charge in [-0.1, -0.05) is 48.0 Å². The zero-order valence-electron chi connectivity index (χ0n) is 12.7. The summed E-state index contributed by atoms with van der Waals surface area (Å²) < 4.78 is 6.20. The second-order valence-electron chi connectivity index (χ2n) is 5.54. The molecule has 1 heterocycles. The van der Waals surface area contributed by atoms with Gasteiger partial charge in [0.15, 0.2) is 0 Å². The Morgan fingerprint density at radius 3 is 2.52 bits per heavy atom. The van der Waals surface area contributed by atoms with Crippen LogP contribution in [0.2, 0.25) is 0 Å². The van der Waals surface area contributed by atoms with Crippen LogP contribution in [0.1, 0.15) is 29.7 Å². The molecule has 1 aliphatic heterocycles. The van der Waals surface area contributed by atoms with Crippen LogP contribution in [0.3, 0.4) is 0 Å². The Hall–Kier alpha value is -2.29. The molecular weight excluding hydrogens is 260 g/mol. The summed E-state index contributed by atoms with van der Waals surface area (Å²) in [7, 11) is 2.00. The van der Waals surface area contributed by atoms with E-state index in [4.69, 9.17) is 4.74 Å². The molecule has 21 heavy (non-hydrogen) atoms. The maximum absolute atomic E-state index is 6.20. The summed E-state index contributed by atoms with van der Waals surface area (Å²) in [5.41, 5.74) is 3.41. The highest BCUT2D eigenvalue weighted by Gasteiger charge is 2.30. The molecule has 0 aromatic heterocycles. The summed E-state index contributed by atoms with van der Waals surface area (Å²) in [6.07, 6.45) is -0.00999. The molecule has 3 rings (SSSR count). The highest BCUT2D eigenvalue weighted by molar-refractivity contribution is 5.94. The molecule has 2 atom stereocenters. The van der Waals surface area contributed by atoms with Crippen molar-refractivity contribution in [2.75, 3.05) is 7.05 Å². The van der Waals surface area contributed by atoms with Crippen molar-refractivity contribution >= 4 is 5.90 Å². The predicted octanol–water partition coefficient (Wildman–Crippen LogP) is 3.75. The molecule has 0 radical (unpaired) electrons. The molecule has 2 aromatic rings. The Bertz CT molecular complexity index is 651. The third-order valence-electron chi connectivity index (χ3n) is 3.91. The molecule has 0 fully saturated rings. The van der Waals surface area contributed by atoms with Crippen LogP contribution >= 0.6 is 0 Å². The fourth-order valence-corrected chi connectivity index (χ4v) is 2.57. The molecule has 0 unspecified atom stereocenters. The van der Waals surface area contributed by atoms with E-state index in [9.17, 15) is 0 Å². The van der Waals surface area contributed by atoms with E-state index in [-0.39, 0.29) is 12.1 Å². The summed E-state index contributed by atoms with van der Waals surface area (Å²) in [6, 6.07) is 18.8. The van der Waals surface area contributed by atoms with Crippen LogP contribution in [-0.4, -0.2) is 24.0 Å². The van der Waals surface area contributed by atoms with E-state index in [0.717, 1.165) is 5.56 Å². The zero-order valence-corrected chi connectivity index (χ0v) is 12.7. The Morgan fingerprint density at radius 2 is 1.81 bits per heavy atom. The first-order chi connectivity index (χ1) is 10.1. The molecule has 0 bridgehead atoms. The van der Waals surface area contributed by atoms with Crippen LogP contribution in [0.4, 0.5) is 0 Å². The van der Waals surface area contributed by atoms with E-state index in [1.807, 2.05) is 42.4 Å². The molecule has 2 aromatic carbocycles. The van der Waals surface area contributed by atoms with Gasteiger partial charge < -0.3 is 4.74 Å². The molecule has 0 amide bonds. The van der Waals surface area contributed by atoms with Crippen molar-refractivity contribution in [3.63, 3.8) is 0 Å². The van der Waals surface area contributed by atoms with Gasteiger partial charge in [0.1, 0.15) is 6.10 Å². The number of aryl methyl sites for hydroxylation is 1. The van der Waals surface area contributed by atoms with Crippen LogP contribution in [0.25, 0.3) is 0 Å². The van der Waals surface area contributed by atoms with Crippen molar-refractivity contribution in [2.45, 2.75) is 26.0 Å². The summed E-state index contributed by atoms with van der Waals surface area (Å²) in [5, 5.41) is 6.56. The first-order valence-electron chi connectivity index (χ1n) is 7.25. The van der Waals surface area contributed by atoms with Crippen molar-refractivity contribution in [3.05, 3.63) is 71.3 Å². The second-order valence-corrected chi connectivity index (χ2v) is 5.54. The number of hydrazone groups is 1. The number of nitrogens with zero attached hydrogens (tertiary/aromatic N) is 2. The summed E-state index contributed by atoms with van der Waals surface area (Å²) >= 11 is 0. The molecule has 3 nitrogen and oxygen atoms in total. The van der Waals surface area contributed by atoms with Crippen molar-refractivity contribution in [2.24, 2.45) is 5.10 Å². The monoisotopic (exact) mass is 280 g/mol. The number of rotatable bonds is 2. The Kier molecular flexibility index (Phi) is 3.65. The highest BCUT2D eigenvalue weighted by Crippen LogP contribution is 2.29.